The second kappa shape index (κ2) is 8.14. The molecule has 3 aromatic rings. The molecule has 136 valence electrons. The fourth-order valence-electron chi connectivity index (χ4n) is 2.50. The van der Waals surface area contributed by atoms with Gasteiger partial charge in [-0.25, -0.2) is 4.98 Å². The molecular weight excluding hydrogens is 410 g/mol. The Balaban J connectivity index is 1.88. The van der Waals surface area contributed by atoms with Crippen molar-refractivity contribution in [3.8, 4) is 11.5 Å². The summed E-state index contributed by atoms with van der Waals surface area (Å²) in [5.41, 5.74) is 2.26. The molecule has 1 aromatic heterocycles. The Hall–Kier alpha value is -2.99. The van der Waals surface area contributed by atoms with Gasteiger partial charge in [-0.3, -0.25) is 9.59 Å². The number of hydrogen-bond donors (Lipinski definition) is 0. The third kappa shape index (κ3) is 4.80. The molecule has 1 heterocycles. The summed E-state index contributed by atoms with van der Waals surface area (Å²) in [5, 5.41) is 0.888. The highest BCUT2D eigenvalue weighted by molar-refractivity contribution is 9.10. The van der Waals surface area contributed by atoms with E-state index in [2.05, 4.69) is 20.9 Å². The summed E-state index contributed by atoms with van der Waals surface area (Å²) in [5.74, 6) is 0.143. The molecule has 0 unspecified atom stereocenters. The number of carbonyl (C=O) groups is 2. The lowest BCUT2D eigenvalue weighted by molar-refractivity contribution is -0.132. The maximum absolute atomic E-state index is 11.3. The number of ether oxygens (including phenoxy) is 2. The minimum absolute atomic E-state index is 0.372. The van der Waals surface area contributed by atoms with Crippen molar-refractivity contribution in [3.05, 3.63) is 64.3 Å². The molecule has 27 heavy (non-hydrogen) atoms. The standard InChI is InChI=1S/C21H16BrNO4/c1-13(24)26-19-11-7-15(12-18(19)22)6-9-17-10-8-16-4-3-5-20(21(16)23-17)27-14(2)25/h3-12H,1-2H3. The zero-order chi connectivity index (χ0) is 19.4. The number of fused-ring (bicyclic) bond motifs is 1. The van der Waals surface area contributed by atoms with Crippen molar-refractivity contribution in [2.75, 3.05) is 0 Å². The van der Waals surface area contributed by atoms with Gasteiger partial charge < -0.3 is 9.47 Å². The van der Waals surface area contributed by atoms with E-state index in [-0.39, 0.29) is 11.9 Å². The quantitative estimate of drug-likeness (QED) is 0.433. The fourth-order valence-corrected chi connectivity index (χ4v) is 2.98. The second-order valence-corrected chi connectivity index (χ2v) is 6.63. The Labute approximate surface area is 164 Å². The summed E-state index contributed by atoms with van der Waals surface area (Å²) in [6.45, 7) is 2.72. The van der Waals surface area contributed by atoms with E-state index in [1.54, 1.807) is 12.1 Å². The van der Waals surface area contributed by atoms with E-state index in [1.807, 2.05) is 48.6 Å². The van der Waals surface area contributed by atoms with Gasteiger partial charge in [0.05, 0.1) is 10.2 Å². The number of benzene rings is 2. The summed E-state index contributed by atoms with van der Waals surface area (Å²) < 4.78 is 11.0. The topological polar surface area (TPSA) is 65.5 Å². The zero-order valence-electron chi connectivity index (χ0n) is 14.7. The Bertz CT molecular complexity index is 1060. The first-order valence-corrected chi connectivity index (χ1v) is 8.96. The van der Waals surface area contributed by atoms with Crippen LogP contribution in [0.4, 0.5) is 0 Å². The predicted molar refractivity (Wildman–Crippen MR) is 107 cm³/mol. The van der Waals surface area contributed by atoms with Crippen LogP contribution in [0.2, 0.25) is 0 Å². The molecule has 6 heteroatoms. The van der Waals surface area contributed by atoms with E-state index in [0.29, 0.717) is 21.5 Å². The molecule has 0 spiro atoms. The highest BCUT2D eigenvalue weighted by Crippen LogP contribution is 2.28. The van der Waals surface area contributed by atoms with Gasteiger partial charge in [0.1, 0.15) is 11.3 Å². The van der Waals surface area contributed by atoms with Crippen molar-refractivity contribution >= 4 is 50.9 Å². The number of halogens is 1. The number of nitrogens with zero attached hydrogens (tertiary/aromatic N) is 1. The van der Waals surface area contributed by atoms with Crippen molar-refractivity contribution in [2.45, 2.75) is 13.8 Å². The van der Waals surface area contributed by atoms with Crippen LogP contribution in [0.25, 0.3) is 23.1 Å². The van der Waals surface area contributed by atoms with Crippen LogP contribution in [0.1, 0.15) is 25.1 Å². The predicted octanol–water partition coefficient (Wildman–Crippen LogP) is 5.02. The summed E-state index contributed by atoms with van der Waals surface area (Å²) >= 11 is 3.39. The van der Waals surface area contributed by atoms with Crippen LogP contribution in [0, 0.1) is 0 Å². The Kier molecular flexibility index (Phi) is 5.66. The number of para-hydroxylation sites is 1. The van der Waals surface area contributed by atoms with Crippen molar-refractivity contribution in [1.29, 1.82) is 0 Å². The molecule has 0 aliphatic rings. The fraction of sp³-hybridized carbons (Fsp3) is 0.0952. The van der Waals surface area contributed by atoms with E-state index in [1.165, 1.54) is 13.8 Å². The molecule has 0 saturated carbocycles. The number of aromatic nitrogens is 1. The summed E-state index contributed by atoms with van der Waals surface area (Å²) in [6, 6.07) is 14.7. The van der Waals surface area contributed by atoms with Crippen molar-refractivity contribution < 1.29 is 19.1 Å². The summed E-state index contributed by atoms with van der Waals surface area (Å²) in [6.07, 6.45) is 3.75. The maximum atomic E-state index is 11.3. The van der Waals surface area contributed by atoms with Crippen LogP contribution in [-0.4, -0.2) is 16.9 Å². The van der Waals surface area contributed by atoms with E-state index < -0.39 is 0 Å². The van der Waals surface area contributed by atoms with Gasteiger partial charge in [0.15, 0.2) is 5.75 Å². The lowest BCUT2D eigenvalue weighted by Gasteiger charge is -2.06. The number of carbonyl (C=O) groups excluding carboxylic acids is 2. The lowest BCUT2D eigenvalue weighted by atomic mass is 10.1. The van der Waals surface area contributed by atoms with E-state index >= 15 is 0 Å². The van der Waals surface area contributed by atoms with Gasteiger partial charge in [0.2, 0.25) is 0 Å². The number of hydrogen-bond acceptors (Lipinski definition) is 5. The molecule has 2 aromatic carbocycles. The van der Waals surface area contributed by atoms with Crippen LogP contribution in [0.15, 0.2) is 53.0 Å². The molecule has 0 aliphatic carbocycles. The van der Waals surface area contributed by atoms with Crippen LogP contribution >= 0.6 is 15.9 Å². The molecule has 3 rings (SSSR count). The SMILES string of the molecule is CC(=O)Oc1ccc(C=Cc2ccc3cccc(OC(C)=O)c3n2)cc1Br. The van der Waals surface area contributed by atoms with Gasteiger partial charge >= 0.3 is 11.9 Å². The zero-order valence-corrected chi connectivity index (χ0v) is 16.3. The van der Waals surface area contributed by atoms with Gasteiger partial charge in [-0.1, -0.05) is 30.3 Å². The largest absolute Gasteiger partial charge is 0.426 e. The van der Waals surface area contributed by atoms with E-state index in [4.69, 9.17) is 9.47 Å². The first kappa shape index (κ1) is 18.8. The minimum atomic E-state index is -0.386. The van der Waals surface area contributed by atoms with Crippen molar-refractivity contribution in [2.24, 2.45) is 0 Å². The van der Waals surface area contributed by atoms with Crippen molar-refractivity contribution in [3.63, 3.8) is 0 Å². The third-order valence-corrected chi connectivity index (χ3v) is 4.23. The second-order valence-electron chi connectivity index (χ2n) is 5.77. The average Bonchev–Trinajstić information content (AvgIpc) is 2.61. The van der Waals surface area contributed by atoms with Crippen LogP contribution in [0.5, 0.6) is 11.5 Å². The van der Waals surface area contributed by atoms with Gasteiger partial charge in [-0.2, -0.15) is 0 Å². The van der Waals surface area contributed by atoms with Gasteiger partial charge in [-0.15, -0.1) is 0 Å². The molecule has 0 atom stereocenters. The molecule has 0 N–H and O–H groups in total. The first-order valence-electron chi connectivity index (χ1n) is 8.16. The highest BCUT2D eigenvalue weighted by atomic mass is 79.9. The molecular formula is C21H16BrNO4. The van der Waals surface area contributed by atoms with E-state index in [0.717, 1.165) is 16.6 Å². The minimum Gasteiger partial charge on any atom is -0.426 e. The Morgan fingerprint density at radius 2 is 1.67 bits per heavy atom. The summed E-state index contributed by atoms with van der Waals surface area (Å²) in [7, 11) is 0. The number of rotatable bonds is 4. The first-order chi connectivity index (χ1) is 12.9. The maximum Gasteiger partial charge on any atom is 0.308 e. The van der Waals surface area contributed by atoms with Gasteiger partial charge in [0.25, 0.3) is 0 Å². The highest BCUT2D eigenvalue weighted by Gasteiger charge is 2.07. The third-order valence-electron chi connectivity index (χ3n) is 3.61. The lowest BCUT2D eigenvalue weighted by Crippen LogP contribution is -2.02. The molecule has 0 amide bonds. The van der Waals surface area contributed by atoms with E-state index in [9.17, 15) is 9.59 Å². The Morgan fingerprint density at radius 1 is 0.926 bits per heavy atom. The van der Waals surface area contributed by atoms with Gasteiger partial charge in [0, 0.05) is 19.2 Å². The van der Waals surface area contributed by atoms with Crippen LogP contribution in [0.3, 0.4) is 0 Å². The van der Waals surface area contributed by atoms with Crippen LogP contribution in [-0.2, 0) is 9.59 Å². The average molecular weight is 426 g/mol. The van der Waals surface area contributed by atoms with Gasteiger partial charge in [-0.05, 0) is 51.8 Å². The molecule has 0 fully saturated rings. The number of pyridine rings is 1. The molecule has 5 nitrogen and oxygen atoms in total. The smallest absolute Gasteiger partial charge is 0.308 e. The Morgan fingerprint density at radius 3 is 2.37 bits per heavy atom. The summed E-state index contributed by atoms with van der Waals surface area (Å²) in [4.78, 5) is 26.9. The normalized spacial score (nSPS) is 10.9. The molecule has 0 saturated heterocycles. The number of esters is 2. The van der Waals surface area contributed by atoms with Crippen molar-refractivity contribution in [1.82, 2.24) is 4.98 Å². The molecule has 0 radical (unpaired) electrons. The molecule has 0 aliphatic heterocycles. The molecule has 0 bridgehead atoms. The monoisotopic (exact) mass is 425 g/mol. The van der Waals surface area contributed by atoms with Crippen LogP contribution < -0.4 is 9.47 Å².